The zero-order valence-corrected chi connectivity index (χ0v) is 6.40. The number of nitrogens with zero attached hydrogens (tertiary/aromatic N) is 1. The Morgan fingerprint density at radius 1 is 1.25 bits per heavy atom. The van der Waals surface area contributed by atoms with E-state index in [9.17, 15) is 0 Å². The predicted molar refractivity (Wildman–Crippen MR) is 46.8 cm³/mol. The fourth-order valence-electron chi connectivity index (χ4n) is 0.417. The van der Waals surface area contributed by atoms with Gasteiger partial charge in [0.2, 0.25) is 0 Å². The van der Waals surface area contributed by atoms with E-state index in [1.165, 1.54) is 6.20 Å². The number of pyridine rings is 1. The van der Waals surface area contributed by atoms with Crippen LogP contribution in [-0.2, 0) is 0 Å². The van der Waals surface area contributed by atoms with Crippen LogP contribution in [0.25, 0.3) is 0 Å². The summed E-state index contributed by atoms with van der Waals surface area (Å²) in [5.41, 5.74) is 20.3. The summed E-state index contributed by atoms with van der Waals surface area (Å²) >= 11 is 0. The third-order valence-electron chi connectivity index (χ3n) is 0.887. The molecule has 1 heterocycles. The average molecular weight is 169 g/mol. The van der Waals surface area contributed by atoms with Crippen molar-refractivity contribution in [2.75, 3.05) is 11.5 Å². The largest absolute Gasteiger partial charge is 0.397 e. The van der Waals surface area contributed by atoms with Crippen molar-refractivity contribution >= 4 is 17.4 Å². The number of aromatic nitrogens is 1. The molecular weight excluding hydrogens is 158 g/mol. The van der Waals surface area contributed by atoms with Gasteiger partial charge in [-0.1, -0.05) is 0 Å². The van der Waals surface area contributed by atoms with Crippen molar-refractivity contribution in [2.45, 2.75) is 0 Å². The molecule has 1 aromatic heterocycles. The van der Waals surface area contributed by atoms with Gasteiger partial charge in [-0.2, -0.15) is 0 Å². The van der Waals surface area contributed by atoms with Gasteiger partial charge in [-0.15, -0.1) is 0 Å². The monoisotopic (exact) mass is 169 g/mol. The molecule has 1 rings (SSSR count). The summed E-state index contributed by atoms with van der Waals surface area (Å²) in [6.07, 6.45) is 3.13. The van der Waals surface area contributed by atoms with Gasteiger partial charge in [0.15, 0.2) is 0 Å². The molecule has 2 amide bonds. The summed E-state index contributed by atoms with van der Waals surface area (Å²) in [5.74, 6) is 0. The summed E-state index contributed by atoms with van der Waals surface area (Å²) in [6.45, 7) is 0. The normalized spacial score (nSPS) is 8.00. The maximum Gasteiger partial charge on any atom is 0.309 e. The van der Waals surface area contributed by atoms with Gasteiger partial charge in [-0.3, -0.25) is 4.98 Å². The van der Waals surface area contributed by atoms with Crippen LogP contribution in [0.2, 0.25) is 0 Å². The molecule has 0 aromatic carbocycles. The van der Waals surface area contributed by atoms with Gasteiger partial charge in [-0.25, -0.2) is 4.79 Å². The first-order valence-electron chi connectivity index (χ1n) is 3.04. The van der Waals surface area contributed by atoms with E-state index in [4.69, 9.17) is 16.3 Å². The number of hydrogen-bond donors (Lipinski definition) is 4. The molecule has 1 aromatic rings. The molecule has 8 N–H and O–H groups in total. The molecule has 6 heteroatoms. The van der Waals surface area contributed by atoms with Crippen LogP contribution in [0.15, 0.2) is 18.5 Å². The Kier molecular flexibility index (Phi) is 3.99. The number of carbonyl (C=O) groups excluding carboxylic acids is 1. The maximum atomic E-state index is 9.00. The molecule has 12 heavy (non-hydrogen) atoms. The van der Waals surface area contributed by atoms with E-state index in [1.807, 2.05) is 0 Å². The summed E-state index contributed by atoms with van der Waals surface area (Å²) in [5, 5.41) is 0. The van der Waals surface area contributed by atoms with E-state index in [-0.39, 0.29) is 0 Å². The zero-order chi connectivity index (χ0) is 9.56. The van der Waals surface area contributed by atoms with Crippen LogP contribution in [0.4, 0.5) is 16.2 Å². The zero-order valence-electron chi connectivity index (χ0n) is 6.40. The molecule has 0 saturated heterocycles. The minimum Gasteiger partial charge on any atom is -0.397 e. The molecular formula is C6H11N5O. The number of nitrogens with two attached hydrogens (primary N) is 4. The van der Waals surface area contributed by atoms with E-state index in [0.717, 1.165) is 0 Å². The maximum absolute atomic E-state index is 9.00. The Labute approximate surface area is 69.5 Å². The lowest BCUT2D eigenvalue weighted by Gasteiger charge is -1.93. The molecule has 0 spiro atoms. The smallest absolute Gasteiger partial charge is 0.309 e. The van der Waals surface area contributed by atoms with Crippen molar-refractivity contribution in [3.8, 4) is 0 Å². The van der Waals surface area contributed by atoms with Crippen molar-refractivity contribution < 1.29 is 4.79 Å². The molecule has 0 aliphatic rings. The van der Waals surface area contributed by atoms with E-state index in [1.54, 1.807) is 12.3 Å². The number of anilines is 2. The summed E-state index contributed by atoms with van der Waals surface area (Å²) in [6, 6.07) is 0.829. The molecule has 0 unspecified atom stereocenters. The number of primary amides is 2. The average Bonchev–Trinajstić information content (AvgIpc) is 1.94. The van der Waals surface area contributed by atoms with Crippen LogP contribution < -0.4 is 22.9 Å². The molecule has 6 nitrogen and oxygen atoms in total. The third-order valence-corrected chi connectivity index (χ3v) is 0.887. The lowest BCUT2D eigenvalue weighted by atomic mass is 10.4. The number of carbonyl (C=O) groups is 1. The number of urea groups is 1. The van der Waals surface area contributed by atoms with Gasteiger partial charge in [0.25, 0.3) is 0 Å². The standard InChI is InChI=1S/C5H7N3.CH4N2O/c6-4-1-2-8-3-5(4)7;2-1(3)4/h1-3H,7H2,(H2,6,8);(H4,2,3,4). The lowest BCUT2D eigenvalue weighted by Crippen LogP contribution is -2.18. The molecule has 0 fully saturated rings. The van der Waals surface area contributed by atoms with Crippen molar-refractivity contribution in [1.29, 1.82) is 0 Å². The number of hydrogen-bond acceptors (Lipinski definition) is 4. The van der Waals surface area contributed by atoms with Crippen LogP contribution in [0, 0.1) is 0 Å². The SMILES string of the molecule is NC(N)=O.Nc1ccncc1N. The van der Waals surface area contributed by atoms with Crippen LogP contribution in [-0.4, -0.2) is 11.0 Å². The van der Waals surface area contributed by atoms with Gasteiger partial charge in [0.05, 0.1) is 17.6 Å². The van der Waals surface area contributed by atoms with Gasteiger partial charge in [-0.05, 0) is 6.07 Å². The van der Waals surface area contributed by atoms with Gasteiger partial charge in [0.1, 0.15) is 0 Å². The molecule has 66 valence electrons. The number of amides is 2. The first-order chi connectivity index (χ1) is 5.54. The van der Waals surface area contributed by atoms with E-state index >= 15 is 0 Å². The fraction of sp³-hybridized carbons (Fsp3) is 0. The van der Waals surface area contributed by atoms with Crippen LogP contribution >= 0.6 is 0 Å². The number of nitrogen functional groups attached to an aromatic ring is 2. The molecule has 0 radical (unpaired) electrons. The van der Waals surface area contributed by atoms with Crippen LogP contribution in [0.5, 0.6) is 0 Å². The molecule has 0 bridgehead atoms. The fourth-order valence-corrected chi connectivity index (χ4v) is 0.417. The quantitative estimate of drug-likeness (QED) is 0.407. The predicted octanol–water partition coefficient (Wildman–Crippen LogP) is -0.730. The van der Waals surface area contributed by atoms with Crippen molar-refractivity contribution in [1.82, 2.24) is 4.98 Å². The Morgan fingerprint density at radius 2 is 1.75 bits per heavy atom. The third kappa shape index (κ3) is 4.86. The first-order valence-corrected chi connectivity index (χ1v) is 3.04. The van der Waals surface area contributed by atoms with Crippen molar-refractivity contribution in [3.63, 3.8) is 0 Å². The van der Waals surface area contributed by atoms with Gasteiger partial charge in [0, 0.05) is 6.20 Å². The summed E-state index contributed by atoms with van der Waals surface area (Å²) < 4.78 is 0. The highest BCUT2D eigenvalue weighted by Gasteiger charge is 1.86. The Bertz CT molecular complexity index is 237. The molecule has 0 saturated carbocycles. The lowest BCUT2D eigenvalue weighted by molar-refractivity contribution is 0.256. The molecule has 0 aliphatic heterocycles. The summed E-state index contributed by atoms with van der Waals surface area (Å²) in [4.78, 5) is 12.7. The molecule has 0 atom stereocenters. The second-order valence-electron chi connectivity index (χ2n) is 1.91. The first kappa shape index (κ1) is 10.0. The minimum atomic E-state index is -0.833. The van der Waals surface area contributed by atoms with E-state index in [2.05, 4.69) is 16.5 Å². The van der Waals surface area contributed by atoms with Gasteiger partial charge >= 0.3 is 6.03 Å². The second kappa shape index (κ2) is 4.78. The van der Waals surface area contributed by atoms with Crippen molar-refractivity contribution in [2.24, 2.45) is 11.5 Å². The van der Waals surface area contributed by atoms with Crippen molar-refractivity contribution in [3.05, 3.63) is 18.5 Å². The number of rotatable bonds is 0. The Morgan fingerprint density at radius 3 is 2.00 bits per heavy atom. The highest BCUT2D eigenvalue weighted by Crippen LogP contribution is 2.08. The van der Waals surface area contributed by atoms with E-state index in [0.29, 0.717) is 11.4 Å². The highest BCUT2D eigenvalue weighted by molar-refractivity contribution is 5.69. The molecule has 0 aliphatic carbocycles. The van der Waals surface area contributed by atoms with Gasteiger partial charge < -0.3 is 22.9 Å². The van der Waals surface area contributed by atoms with Crippen LogP contribution in [0.3, 0.4) is 0 Å². The van der Waals surface area contributed by atoms with E-state index < -0.39 is 6.03 Å². The van der Waals surface area contributed by atoms with Crippen LogP contribution in [0.1, 0.15) is 0 Å². The summed E-state index contributed by atoms with van der Waals surface area (Å²) in [7, 11) is 0. The topological polar surface area (TPSA) is 134 Å². The minimum absolute atomic E-state index is 0.535. The highest BCUT2D eigenvalue weighted by atomic mass is 16.2. The Balaban J connectivity index is 0.000000261. The Hall–Kier alpha value is -1.98. The second-order valence-corrected chi connectivity index (χ2v) is 1.91.